The summed E-state index contributed by atoms with van der Waals surface area (Å²) in [6.07, 6.45) is 4.26. The molecule has 8 heteroatoms. The zero-order valence-electron chi connectivity index (χ0n) is 18.3. The molecule has 1 aliphatic heterocycles. The first kappa shape index (κ1) is 21.7. The van der Waals surface area contributed by atoms with Crippen molar-refractivity contribution in [2.24, 2.45) is 5.73 Å². The van der Waals surface area contributed by atoms with E-state index < -0.39 is 0 Å². The summed E-state index contributed by atoms with van der Waals surface area (Å²) in [6.45, 7) is 6.70. The summed E-state index contributed by atoms with van der Waals surface area (Å²) < 4.78 is 11.8. The number of nitrogens with two attached hydrogens (primary N) is 1. The van der Waals surface area contributed by atoms with E-state index in [-0.39, 0.29) is 6.04 Å². The van der Waals surface area contributed by atoms with E-state index in [4.69, 9.17) is 20.2 Å². The zero-order chi connectivity index (χ0) is 22.5. The molecule has 164 valence electrons. The number of pyridine rings is 1. The lowest BCUT2D eigenvalue weighted by molar-refractivity contribution is 0.0985. The highest BCUT2D eigenvalue weighted by Gasteiger charge is 2.21. The second-order valence-electron chi connectivity index (χ2n) is 7.80. The van der Waals surface area contributed by atoms with Gasteiger partial charge in [-0.2, -0.15) is 5.26 Å². The third-order valence-corrected chi connectivity index (χ3v) is 5.29. The molecule has 0 amide bonds. The highest BCUT2D eigenvalue weighted by atomic mass is 16.5. The van der Waals surface area contributed by atoms with Gasteiger partial charge in [-0.05, 0) is 50.6 Å². The molecule has 0 aliphatic carbocycles. The van der Waals surface area contributed by atoms with Crippen molar-refractivity contribution < 1.29 is 9.47 Å². The minimum absolute atomic E-state index is 0.226. The molecule has 0 spiro atoms. The highest BCUT2D eigenvalue weighted by molar-refractivity contribution is 5.66. The molecule has 32 heavy (non-hydrogen) atoms. The Balaban J connectivity index is 1.68. The Labute approximate surface area is 187 Å². The molecule has 0 bridgehead atoms. The second-order valence-corrected chi connectivity index (χ2v) is 7.80. The van der Waals surface area contributed by atoms with Crippen LogP contribution in [0.5, 0.6) is 11.5 Å². The lowest BCUT2D eigenvalue weighted by atomic mass is 10.1. The van der Waals surface area contributed by atoms with Crippen molar-refractivity contribution in [2.75, 3.05) is 31.2 Å². The van der Waals surface area contributed by atoms with Crippen LogP contribution in [0.15, 0.2) is 42.7 Å². The fourth-order valence-electron chi connectivity index (χ4n) is 3.67. The standard InChI is InChI=1S/C24H26N6O2/c1-16-9-20(11-23(29-16)30-7-8-31-15-17(30)2)32-22-10-18(12-26)3-4-21(22)24-27-13-19(5-6-25)14-28-24/h3-4,9-11,13-14,17H,5-8,15,25H2,1-2H3/t17-/m0/s1. The van der Waals surface area contributed by atoms with Gasteiger partial charge in [-0.1, -0.05) is 0 Å². The SMILES string of the molecule is Cc1cc(Oc2cc(C#N)ccc2-c2ncc(CCN)cn2)cc(N2CCOC[C@@H]2C)n1. The van der Waals surface area contributed by atoms with Crippen molar-refractivity contribution in [1.29, 1.82) is 5.26 Å². The molecule has 1 fully saturated rings. The smallest absolute Gasteiger partial charge is 0.162 e. The maximum Gasteiger partial charge on any atom is 0.162 e. The topological polar surface area (TPSA) is 110 Å². The van der Waals surface area contributed by atoms with Crippen molar-refractivity contribution in [3.63, 3.8) is 0 Å². The highest BCUT2D eigenvalue weighted by Crippen LogP contribution is 2.34. The van der Waals surface area contributed by atoms with Crippen LogP contribution in [-0.4, -0.2) is 47.3 Å². The number of nitriles is 1. The van der Waals surface area contributed by atoms with Crippen LogP contribution in [0, 0.1) is 18.3 Å². The predicted octanol–water partition coefficient (Wildman–Crippen LogP) is 3.24. The van der Waals surface area contributed by atoms with Crippen LogP contribution in [0.25, 0.3) is 11.4 Å². The minimum Gasteiger partial charge on any atom is -0.456 e. The molecule has 1 aromatic carbocycles. The molecule has 3 aromatic rings. The summed E-state index contributed by atoms with van der Waals surface area (Å²) in [4.78, 5) is 15.9. The van der Waals surface area contributed by atoms with Gasteiger partial charge in [-0.25, -0.2) is 15.0 Å². The van der Waals surface area contributed by atoms with Gasteiger partial charge < -0.3 is 20.1 Å². The Bertz CT molecular complexity index is 1130. The Morgan fingerprint density at radius 1 is 1.25 bits per heavy atom. The molecule has 4 rings (SSSR count). The van der Waals surface area contributed by atoms with E-state index in [9.17, 15) is 5.26 Å². The van der Waals surface area contributed by atoms with Gasteiger partial charge in [0.25, 0.3) is 0 Å². The molecule has 3 heterocycles. The second kappa shape index (κ2) is 9.73. The van der Waals surface area contributed by atoms with Gasteiger partial charge in [0.05, 0.1) is 36.5 Å². The Morgan fingerprint density at radius 3 is 2.78 bits per heavy atom. The van der Waals surface area contributed by atoms with E-state index in [1.165, 1.54) is 0 Å². The lowest BCUT2D eigenvalue weighted by Crippen LogP contribution is -2.44. The molecule has 1 saturated heterocycles. The molecule has 8 nitrogen and oxygen atoms in total. The molecule has 1 atom stereocenters. The molecule has 0 saturated carbocycles. The lowest BCUT2D eigenvalue weighted by Gasteiger charge is -2.34. The largest absolute Gasteiger partial charge is 0.456 e. The number of anilines is 1. The van der Waals surface area contributed by atoms with Crippen LogP contribution < -0.4 is 15.4 Å². The van der Waals surface area contributed by atoms with E-state index in [0.717, 1.165) is 30.0 Å². The van der Waals surface area contributed by atoms with Crippen LogP contribution in [-0.2, 0) is 11.2 Å². The number of aromatic nitrogens is 3. The quantitative estimate of drug-likeness (QED) is 0.635. The molecule has 2 N–H and O–H groups in total. The average molecular weight is 431 g/mol. The van der Waals surface area contributed by atoms with Crippen molar-refractivity contribution in [2.45, 2.75) is 26.3 Å². The number of nitrogens with zero attached hydrogens (tertiary/aromatic N) is 5. The summed E-state index contributed by atoms with van der Waals surface area (Å²) >= 11 is 0. The van der Waals surface area contributed by atoms with E-state index in [1.807, 2.05) is 25.1 Å². The van der Waals surface area contributed by atoms with Crippen molar-refractivity contribution in [3.05, 3.63) is 59.5 Å². The first-order chi connectivity index (χ1) is 15.6. The van der Waals surface area contributed by atoms with E-state index in [0.29, 0.717) is 48.2 Å². The first-order valence-electron chi connectivity index (χ1n) is 10.6. The molecule has 0 unspecified atom stereocenters. The summed E-state index contributed by atoms with van der Waals surface area (Å²) in [7, 11) is 0. The van der Waals surface area contributed by atoms with Gasteiger partial charge in [0, 0.05) is 36.8 Å². The number of hydrogen-bond donors (Lipinski definition) is 1. The third-order valence-electron chi connectivity index (χ3n) is 5.29. The summed E-state index contributed by atoms with van der Waals surface area (Å²) in [5.74, 6) is 2.53. The number of aryl methyl sites for hydroxylation is 1. The molecular formula is C24H26N6O2. The first-order valence-corrected chi connectivity index (χ1v) is 10.6. The van der Waals surface area contributed by atoms with E-state index in [1.54, 1.807) is 24.5 Å². The van der Waals surface area contributed by atoms with Crippen molar-refractivity contribution in [3.8, 4) is 29.0 Å². The summed E-state index contributed by atoms with van der Waals surface area (Å²) in [5, 5.41) is 9.40. The third kappa shape index (κ3) is 4.85. The summed E-state index contributed by atoms with van der Waals surface area (Å²) in [5.41, 5.74) is 8.64. The number of benzene rings is 1. The van der Waals surface area contributed by atoms with Gasteiger partial charge in [-0.15, -0.1) is 0 Å². The number of morpholine rings is 1. The van der Waals surface area contributed by atoms with Crippen LogP contribution in [0.4, 0.5) is 5.82 Å². The molecule has 1 aliphatic rings. The maximum absolute atomic E-state index is 9.40. The van der Waals surface area contributed by atoms with Gasteiger partial charge in [0.2, 0.25) is 0 Å². The fraction of sp³-hybridized carbons (Fsp3) is 0.333. The van der Waals surface area contributed by atoms with Crippen molar-refractivity contribution >= 4 is 5.82 Å². The van der Waals surface area contributed by atoms with Gasteiger partial charge in [0.15, 0.2) is 5.82 Å². The Kier molecular flexibility index (Phi) is 6.59. The number of ether oxygens (including phenoxy) is 2. The normalized spacial score (nSPS) is 15.9. The van der Waals surface area contributed by atoms with Gasteiger partial charge in [0.1, 0.15) is 17.3 Å². The minimum atomic E-state index is 0.226. The van der Waals surface area contributed by atoms with E-state index >= 15 is 0 Å². The van der Waals surface area contributed by atoms with Gasteiger partial charge in [-0.3, -0.25) is 0 Å². The number of rotatable bonds is 6. The Morgan fingerprint density at radius 2 is 2.06 bits per heavy atom. The molecule has 0 radical (unpaired) electrons. The summed E-state index contributed by atoms with van der Waals surface area (Å²) in [6, 6.07) is 11.4. The Hall–Kier alpha value is -3.54. The van der Waals surface area contributed by atoms with E-state index in [2.05, 4.69) is 27.9 Å². The van der Waals surface area contributed by atoms with Crippen LogP contribution in [0.3, 0.4) is 0 Å². The van der Waals surface area contributed by atoms with Crippen LogP contribution in [0.1, 0.15) is 23.7 Å². The van der Waals surface area contributed by atoms with Crippen molar-refractivity contribution in [1.82, 2.24) is 15.0 Å². The maximum atomic E-state index is 9.40. The fourth-order valence-corrected chi connectivity index (χ4v) is 3.67. The average Bonchev–Trinajstić information content (AvgIpc) is 2.80. The van der Waals surface area contributed by atoms with Gasteiger partial charge >= 0.3 is 0 Å². The number of hydrogen-bond acceptors (Lipinski definition) is 8. The monoisotopic (exact) mass is 430 g/mol. The van der Waals surface area contributed by atoms with Crippen LogP contribution in [0.2, 0.25) is 0 Å². The van der Waals surface area contributed by atoms with Crippen LogP contribution >= 0.6 is 0 Å². The predicted molar refractivity (Wildman–Crippen MR) is 122 cm³/mol. The zero-order valence-corrected chi connectivity index (χ0v) is 18.3. The molecule has 2 aromatic heterocycles. The molecular weight excluding hydrogens is 404 g/mol.